The predicted octanol–water partition coefficient (Wildman–Crippen LogP) is 3.38. The Bertz CT molecular complexity index is 1020. The lowest BCUT2D eigenvalue weighted by Crippen LogP contribution is -2.33. The SMILES string of the molecule is COc1ccccc1CN1CCCC[C@@H]1c1cc2nc(C)c(C)c(=O)n2[nH]1. The Morgan fingerprint density at radius 3 is 2.89 bits per heavy atom. The minimum absolute atomic E-state index is 0.0177. The molecule has 6 nitrogen and oxygen atoms in total. The number of para-hydroxylation sites is 1. The Morgan fingerprint density at radius 1 is 1.26 bits per heavy atom. The molecule has 4 rings (SSSR count). The van der Waals surface area contributed by atoms with Crippen LogP contribution in [0.5, 0.6) is 5.75 Å². The van der Waals surface area contributed by atoms with Crippen molar-refractivity contribution in [3.63, 3.8) is 0 Å². The summed E-state index contributed by atoms with van der Waals surface area (Å²) in [6.45, 7) is 5.56. The third-order valence-corrected chi connectivity index (χ3v) is 5.64. The number of fused-ring (bicyclic) bond motifs is 1. The summed E-state index contributed by atoms with van der Waals surface area (Å²) in [6, 6.07) is 10.4. The predicted molar refractivity (Wildman–Crippen MR) is 105 cm³/mol. The highest BCUT2D eigenvalue weighted by Gasteiger charge is 2.27. The number of aromatic nitrogens is 3. The zero-order valence-electron chi connectivity index (χ0n) is 16.2. The van der Waals surface area contributed by atoms with Gasteiger partial charge in [-0.2, -0.15) is 0 Å². The Balaban J connectivity index is 1.69. The third kappa shape index (κ3) is 3.25. The van der Waals surface area contributed by atoms with Crippen molar-refractivity contribution in [2.24, 2.45) is 0 Å². The highest BCUT2D eigenvalue weighted by atomic mass is 16.5. The summed E-state index contributed by atoms with van der Waals surface area (Å²) in [5, 5.41) is 3.31. The zero-order valence-corrected chi connectivity index (χ0v) is 16.2. The number of nitrogens with zero attached hydrogens (tertiary/aromatic N) is 3. The van der Waals surface area contributed by atoms with Gasteiger partial charge in [-0.25, -0.2) is 9.50 Å². The molecule has 0 amide bonds. The van der Waals surface area contributed by atoms with Gasteiger partial charge in [-0.05, 0) is 39.3 Å². The largest absolute Gasteiger partial charge is 0.496 e. The van der Waals surface area contributed by atoms with Gasteiger partial charge >= 0.3 is 0 Å². The average molecular weight is 366 g/mol. The molecule has 0 bridgehead atoms. The first kappa shape index (κ1) is 17.8. The smallest absolute Gasteiger partial charge is 0.275 e. The topological polar surface area (TPSA) is 62.6 Å². The molecule has 1 aliphatic rings. The first-order chi connectivity index (χ1) is 13.1. The molecule has 0 aliphatic carbocycles. The number of hydrogen-bond acceptors (Lipinski definition) is 4. The molecule has 1 aromatic carbocycles. The van der Waals surface area contributed by atoms with E-state index in [1.54, 1.807) is 11.6 Å². The van der Waals surface area contributed by atoms with Crippen LogP contribution in [0.4, 0.5) is 0 Å². The summed E-state index contributed by atoms with van der Waals surface area (Å²) in [4.78, 5) is 19.6. The zero-order chi connectivity index (χ0) is 19.0. The lowest BCUT2D eigenvalue weighted by molar-refractivity contribution is 0.135. The van der Waals surface area contributed by atoms with Gasteiger partial charge in [0.25, 0.3) is 5.56 Å². The first-order valence-corrected chi connectivity index (χ1v) is 9.53. The monoisotopic (exact) mass is 366 g/mol. The van der Waals surface area contributed by atoms with Crippen LogP contribution in [-0.4, -0.2) is 33.2 Å². The third-order valence-electron chi connectivity index (χ3n) is 5.64. The number of aromatic amines is 1. The maximum atomic E-state index is 12.6. The first-order valence-electron chi connectivity index (χ1n) is 9.53. The Hall–Kier alpha value is -2.60. The van der Waals surface area contributed by atoms with Crippen LogP contribution in [-0.2, 0) is 6.54 Å². The maximum absolute atomic E-state index is 12.6. The number of piperidine rings is 1. The van der Waals surface area contributed by atoms with Crippen LogP contribution < -0.4 is 10.3 Å². The molecule has 0 saturated carbocycles. The van der Waals surface area contributed by atoms with Crippen molar-refractivity contribution >= 4 is 5.65 Å². The van der Waals surface area contributed by atoms with Gasteiger partial charge in [0.05, 0.1) is 18.8 Å². The fourth-order valence-electron chi connectivity index (χ4n) is 3.99. The highest BCUT2D eigenvalue weighted by Crippen LogP contribution is 2.33. The molecule has 3 heterocycles. The number of hydrogen-bond donors (Lipinski definition) is 1. The van der Waals surface area contributed by atoms with E-state index in [0.717, 1.165) is 36.6 Å². The molecule has 1 fully saturated rings. The van der Waals surface area contributed by atoms with Crippen LogP contribution in [0.25, 0.3) is 5.65 Å². The summed E-state index contributed by atoms with van der Waals surface area (Å²) < 4.78 is 7.10. The van der Waals surface area contributed by atoms with Crippen LogP contribution in [0, 0.1) is 13.8 Å². The molecule has 2 aromatic heterocycles. The highest BCUT2D eigenvalue weighted by molar-refractivity contribution is 5.42. The molecular weight excluding hydrogens is 340 g/mol. The van der Waals surface area contributed by atoms with Gasteiger partial charge in [0.2, 0.25) is 0 Å². The fourth-order valence-corrected chi connectivity index (χ4v) is 3.99. The average Bonchev–Trinajstić information content (AvgIpc) is 3.11. The molecule has 1 N–H and O–H groups in total. The van der Waals surface area contributed by atoms with Gasteiger partial charge in [-0.1, -0.05) is 24.6 Å². The minimum atomic E-state index is -0.0177. The summed E-state index contributed by atoms with van der Waals surface area (Å²) >= 11 is 0. The number of benzene rings is 1. The molecule has 0 radical (unpaired) electrons. The molecule has 1 saturated heterocycles. The van der Waals surface area contributed by atoms with Crippen LogP contribution in [0.1, 0.15) is 47.8 Å². The van der Waals surface area contributed by atoms with Crippen molar-refractivity contribution in [2.75, 3.05) is 13.7 Å². The van der Waals surface area contributed by atoms with E-state index in [9.17, 15) is 4.79 Å². The molecule has 6 heteroatoms. The summed E-state index contributed by atoms with van der Waals surface area (Å²) in [5.74, 6) is 0.919. The number of H-pyrrole nitrogens is 1. The van der Waals surface area contributed by atoms with Crippen molar-refractivity contribution in [1.29, 1.82) is 0 Å². The molecule has 142 valence electrons. The molecule has 3 aromatic rings. The van der Waals surface area contributed by atoms with Crippen molar-refractivity contribution in [2.45, 2.75) is 45.7 Å². The van der Waals surface area contributed by atoms with Gasteiger partial charge in [0.1, 0.15) is 5.75 Å². The summed E-state index contributed by atoms with van der Waals surface area (Å²) in [7, 11) is 1.72. The number of aryl methyl sites for hydroxylation is 1. The van der Waals surface area contributed by atoms with Gasteiger partial charge in [-0.15, -0.1) is 0 Å². The minimum Gasteiger partial charge on any atom is -0.496 e. The molecule has 0 unspecified atom stereocenters. The van der Waals surface area contributed by atoms with Crippen LogP contribution in [0.2, 0.25) is 0 Å². The van der Waals surface area contributed by atoms with Gasteiger partial charge in [0.15, 0.2) is 5.65 Å². The second kappa shape index (κ2) is 7.19. The Labute approximate surface area is 158 Å². The number of methoxy groups -OCH3 is 1. The number of rotatable bonds is 4. The fraction of sp³-hybridized carbons (Fsp3) is 0.429. The lowest BCUT2D eigenvalue weighted by Gasteiger charge is -2.35. The van der Waals surface area contributed by atoms with Crippen molar-refractivity contribution in [1.82, 2.24) is 19.5 Å². The summed E-state index contributed by atoms with van der Waals surface area (Å²) in [5.41, 5.74) is 4.40. The van der Waals surface area contributed by atoms with E-state index in [1.165, 1.54) is 18.4 Å². The second-order valence-corrected chi connectivity index (χ2v) is 7.33. The Morgan fingerprint density at radius 2 is 2.07 bits per heavy atom. The van der Waals surface area contributed by atoms with Crippen molar-refractivity contribution in [3.8, 4) is 5.75 Å². The molecule has 0 spiro atoms. The van der Waals surface area contributed by atoms with Gasteiger partial charge < -0.3 is 4.74 Å². The van der Waals surface area contributed by atoms with Crippen LogP contribution >= 0.6 is 0 Å². The molecular formula is C21H26N4O2. The number of ether oxygens (including phenoxy) is 1. The van der Waals surface area contributed by atoms with Gasteiger partial charge in [0, 0.05) is 29.4 Å². The van der Waals surface area contributed by atoms with Gasteiger partial charge in [-0.3, -0.25) is 14.8 Å². The molecule has 1 aliphatic heterocycles. The van der Waals surface area contributed by atoms with E-state index in [0.29, 0.717) is 11.2 Å². The number of likely N-dealkylation sites (tertiary alicyclic amines) is 1. The van der Waals surface area contributed by atoms with E-state index in [2.05, 4.69) is 27.1 Å². The normalized spacial score (nSPS) is 18.1. The molecule has 1 atom stereocenters. The van der Waals surface area contributed by atoms with Crippen LogP contribution in [0.3, 0.4) is 0 Å². The molecule has 27 heavy (non-hydrogen) atoms. The summed E-state index contributed by atoms with van der Waals surface area (Å²) in [6.07, 6.45) is 3.43. The van der Waals surface area contributed by atoms with Crippen LogP contribution in [0.15, 0.2) is 35.1 Å². The van der Waals surface area contributed by atoms with Crippen molar-refractivity contribution < 1.29 is 4.74 Å². The Kier molecular flexibility index (Phi) is 4.74. The number of nitrogens with one attached hydrogen (secondary N) is 1. The van der Waals surface area contributed by atoms with E-state index in [-0.39, 0.29) is 11.6 Å². The van der Waals surface area contributed by atoms with E-state index >= 15 is 0 Å². The van der Waals surface area contributed by atoms with E-state index in [4.69, 9.17) is 4.74 Å². The maximum Gasteiger partial charge on any atom is 0.275 e. The second-order valence-electron chi connectivity index (χ2n) is 7.33. The van der Waals surface area contributed by atoms with E-state index in [1.807, 2.05) is 32.0 Å². The van der Waals surface area contributed by atoms with Crippen molar-refractivity contribution in [3.05, 3.63) is 63.2 Å². The lowest BCUT2D eigenvalue weighted by atomic mass is 9.98. The van der Waals surface area contributed by atoms with E-state index < -0.39 is 0 Å². The standard InChI is InChI=1S/C21H26N4O2/c1-14-15(2)22-20-12-17(23-25(20)21(14)26)18-9-6-7-11-24(18)13-16-8-4-5-10-19(16)27-3/h4-5,8,10,12,18,23H,6-7,9,11,13H2,1-3H3/t18-/m1/s1. The quantitative estimate of drug-likeness (QED) is 0.769.